The first-order chi connectivity index (χ1) is 13.9. The first-order valence-electron chi connectivity index (χ1n) is 9.96. The summed E-state index contributed by atoms with van der Waals surface area (Å²) < 4.78 is 0. The Hall–Kier alpha value is -3.08. The number of amides is 4. The zero-order chi connectivity index (χ0) is 21.2. The minimum Gasteiger partial charge on any atom is -0.341 e. The van der Waals surface area contributed by atoms with E-state index in [1.165, 1.54) is 0 Å². The van der Waals surface area contributed by atoms with Crippen molar-refractivity contribution < 1.29 is 14.4 Å². The van der Waals surface area contributed by atoms with Gasteiger partial charge in [-0.1, -0.05) is 32.0 Å². The molecule has 1 atom stereocenters. The van der Waals surface area contributed by atoms with Gasteiger partial charge < -0.3 is 20.9 Å². The Kier molecular flexibility index (Phi) is 8.46. The van der Waals surface area contributed by atoms with Crippen molar-refractivity contribution in [3.05, 3.63) is 30.3 Å². The smallest absolute Gasteiger partial charge is 0.318 e. The molecule has 4 amide bonds. The monoisotopic (exact) mass is 399 g/mol. The van der Waals surface area contributed by atoms with E-state index < -0.39 is 6.04 Å². The standard InChI is InChI=1S/C21H29N5O3/c1-15(2)14-18(20(28)23-11-10-22)25-21(29)26-12-8-16(9-13-26)19(27)24-17-6-4-3-5-7-17/h3-7,15-16,18H,8-9,11-14H2,1-2H3,(H,23,28)(H,24,27)(H,25,29). The lowest BCUT2D eigenvalue weighted by Gasteiger charge is -2.32. The molecule has 1 aromatic rings. The third-order valence-electron chi connectivity index (χ3n) is 4.86. The van der Waals surface area contributed by atoms with E-state index in [0.717, 1.165) is 5.69 Å². The lowest BCUT2D eigenvalue weighted by Crippen LogP contribution is -2.53. The molecular weight excluding hydrogens is 370 g/mol. The normalized spacial score (nSPS) is 15.3. The van der Waals surface area contributed by atoms with Gasteiger partial charge in [0.1, 0.15) is 12.6 Å². The molecule has 2 rings (SSSR count). The van der Waals surface area contributed by atoms with Crippen molar-refractivity contribution in [2.24, 2.45) is 11.8 Å². The van der Waals surface area contributed by atoms with E-state index in [2.05, 4.69) is 16.0 Å². The lowest BCUT2D eigenvalue weighted by atomic mass is 9.96. The van der Waals surface area contributed by atoms with Crippen LogP contribution in [0.5, 0.6) is 0 Å². The molecule has 1 aliphatic rings. The molecule has 1 aliphatic heterocycles. The number of nitriles is 1. The Balaban J connectivity index is 1.85. The summed E-state index contributed by atoms with van der Waals surface area (Å²) in [6.45, 7) is 4.74. The topological polar surface area (TPSA) is 114 Å². The number of hydrogen-bond donors (Lipinski definition) is 3. The van der Waals surface area contributed by atoms with Crippen LogP contribution in [0.4, 0.5) is 10.5 Å². The molecule has 29 heavy (non-hydrogen) atoms. The van der Waals surface area contributed by atoms with Gasteiger partial charge in [0.25, 0.3) is 0 Å². The first-order valence-corrected chi connectivity index (χ1v) is 9.96. The molecule has 0 radical (unpaired) electrons. The van der Waals surface area contributed by atoms with E-state index in [4.69, 9.17) is 5.26 Å². The Labute approximate surface area is 171 Å². The number of likely N-dealkylation sites (tertiary alicyclic amines) is 1. The maximum absolute atomic E-state index is 12.6. The Bertz CT molecular complexity index is 736. The summed E-state index contributed by atoms with van der Waals surface area (Å²) in [5.41, 5.74) is 0.762. The van der Waals surface area contributed by atoms with Crippen molar-refractivity contribution in [1.82, 2.24) is 15.5 Å². The highest BCUT2D eigenvalue weighted by atomic mass is 16.2. The van der Waals surface area contributed by atoms with Crippen molar-refractivity contribution in [2.45, 2.75) is 39.2 Å². The number of nitrogens with one attached hydrogen (secondary N) is 3. The van der Waals surface area contributed by atoms with Crippen LogP contribution in [-0.2, 0) is 9.59 Å². The molecule has 1 aromatic carbocycles. The molecule has 8 heteroatoms. The Morgan fingerprint density at radius 2 is 1.83 bits per heavy atom. The maximum Gasteiger partial charge on any atom is 0.318 e. The predicted molar refractivity (Wildman–Crippen MR) is 110 cm³/mol. The zero-order valence-corrected chi connectivity index (χ0v) is 17.0. The quantitative estimate of drug-likeness (QED) is 0.609. The van der Waals surface area contributed by atoms with Crippen LogP contribution >= 0.6 is 0 Å². The van der Waals surface area contributed by atoms with Crippen LogP contribution in [0.3, 0.4) is 0 Å². The zero-order valence-electron chi connectivity index (χ0n) is 17.0. The second-order valence-corrected chi connectivity index (χ2v) is 7.62. The van der Waals surface area contributed by atoms with Crippen LogP contribution < -0.4 is 16.0 Å². The first kappa shape index (κ1) is 22.2. The summed E-state index contributed by atoms with van der Waals surface area (Å²) in [6, 6.07) is 10.2. The van der Waals surface area contributed by atoms with Crippen molar-refractivity contribution in [1.29, 1.82) is 5.26 Å². The van der Waals surface area contributed by atoms with Gasteiger partial charge in [-0.2, -0.15) is 5.26 Å². The number of carbonyl (C=O) groups excluding carboxylic acids is 3. The molecule has 0 spiro atoms. The van der Waals surface area contributed by atoms with Crippen molar-refractivity contribution >= 4 is 23.5 Å². The second kappa shape index (κ2) is 11.1. The van der Waals surface area contributed by atoms with Crippen molar-refractivity contribution in [3.8, 4) is 6.07 Å². The largest absolute Gasteiger partial charge is 0.341 e. The van der Waals surface area contributed by atoms with Gasteiger partial charge in [-0.05, 0) is 37.3 Å². The fourth-order valence-electron chi connectivity index (χ4n) is 3.30. The summed E-state index contributed by atoms with van der Waals surface area (Å²) in [4.78, 5) is 38.9. The van der Waals surface area contributed by atoms with Gasteiger partial charge in [-0.3, -0.25) is 9.59 Å². The number of urea groups is 1. The summed E-state index contributed by atoms with van der Waals surface area (Å²) in [7, 11) is 0. The predicted octanol–water partition coefficient (Wildman–Crippen LogP) is 2.10. The molecule has 1 fully saturated rings. The lowest BCUT2D eigenvalue weighted by molar-refractivity contribution is -0.123. The third kappa shape index (κ3) is 7.11. The number of para-hydroxylation sites is 1. The van der Waals surface area contributed by atoms with Gasteiger partial charge in [-0.15, -0.1) is 0 Å². The minimum atomic E-state index is -0.685. The highest BCUT2D eigenvalue weighted by molar-refractivity contribution is 5.92. The SMILES string of the molecule is CC(C)CC(NC(=O)N1CCC(C(=O)Nc2ccccc2)CC1)C(=O)NCC#N. The summed E-state index contributed by atoms with van der Waals surface area (Å²) >= 11 is 0. The molecule has 0 saturated carbocycles. The Morgan fingerprint density at radius 3 is 2.41 bits per heavy atom. The highest BCUT2D eigenvalue weighted by Crippen LogP contribution is 2.20. The number of nitrogens with zero attached hydrogens (tertiary/aromatic N) is 2. The average molecular weight is 399 g/mol. The number of benzene rings is 1. The maximum atomic E-state index is 12.6. The van der Waals surface area contributed by atoms with Crippen LogP contribution in [0.2, 0.25) is 0 Å². The number of carbonyl (C=O) groups is 3. The number of hydrogen-bond acceptors (Lipinski definition) is 4. The van der Waals surface area contributed by atoms with E-state index in [9.17, 15) is 14.4 Å². The second-order valence-electron chi connectivity index (χ2n) is 7.62. The number of piperidine rings is 1. The average Bonchev–Trinajstić information content (AvgIpc) is 2.72. The van der Waals surface area contributed by atoms with Gasteiger partial charge in [0.2, 0.25) is 11.8 Å². The molecule has 8 nitrogen and oxygen atoms in total. The molecule has 0 aliphatic carbocycles. The van der Waals surface area contributed by atoms with Crippen molar-refractivity contribution in [2.75, 3.05) is 25.0 Å². The summed E-state index contributed by atoms with van der Waals surface area (Å²) in [5.74, 6) is -0.333. The Morgan fingerprint density at radius 1 is 1.17 bits per heavy atom. The molecule has 0 bridgehead atoms. The molecule has 3 N–H and O–H groups in total. The minimum absolute atomic E-state index is 0.0372. The highest BCUT2D eigenvalue weighted by Gasteiger charge is 2.29. The summed E-state index contributed by atoms with van der Waals surface area (Å²) in [6.07, 6.45) is 1.63. The molecule has 1 heterocycles. The van der Waals surface area contributed by atoms with E-state index >= 15 is 0 Å². The van der Waals surface area contributed by atoms with Gasteiger partial charge >= 0.3 is 6.03 Å². The van der Waals surface area contributed by atoms with E-state index in [-0.39, 0.29) is 36.2 Å². The van der Waals surface area contributed by atoms with Crippen LogP contribution in [0.1, 0.15) is 33.1 Å². The van der Waals surface area contributed by atoms with Crippen molar-refractivity contribution in [3.63, 3.8) is 0 Å². The number of anilines is 1. The van der Waals surface area contributed by atoms with Gasteiger partial charge in [-0.25, -0.2) is 4.79 Å². The third-order valence-corrected chi connectivity index (χ3v) is 4.86. The van der Waals surface area contributed by atoms with Crippen LogP contribution in [-0.4, -0.2) is 48.4 Å². The van der Waals surface area contributed by atoms with Gasteiger partial charge in [0.05, 0.1) is 6.07 Å². The number of rotatable bonds is 7. The molecule has 1 unspecified atom stereocenters. The van der Waals surface area contributed by atoms with Gasteiger partial charge in [0.15, 0.2) is 0 Å². The summed E-state index contributed by atoms with van der Waals surface area (Å²) in [5, 5.41) is 16.8. The van der Waals surface area contributed by atoms with E-state index in [1.54, 1.807) is 4.90 Å². The van der Waals surface area contributed by atoms with E-state index in [1.807, 2.05) is 50.2 Å². The fraction of sp³-hybridized carbons (Fsp3) is 0.524. The molecule has 1 saturated heterocycles. The molecular formula is C21H29N5O3. The van der Waals surface area contributed by atoms with Crippen LogP contribution in [0.25, 0.3) is 0 Å². The fourth-order valence-corrected chi connectivity index (χ4v) is 3.30. The molecule has 0 aromatic heterocycles. The van der Waals surface area contributed by atoms with Crippen LogP contribution in [0.15, 0.2) is 30.3 Å². The molecule has 156 valence electrons. The van der Waals surface area contributed by atoms with E-state index in [0.29, 0.717) is 32.4 Å². The van der Waals surface area contributed by atoms with Crippen LogP contribution in [0, 0.1) is 23.2 Å². The van der Waals surface area contributed by atoms with Gasteiger partial charge in [0, 0.05) is 24.7 Å².